The van der Waals surface area contributed by atoms with Gasteiger partial charge in [0.25, 0.3) is 0 Å². The Kier molecular flexibility index (Phi) is 8.44. The summed E-state index contributed by atoms with van der Waals surface area (Å²) in [6, 6.07) is 105. The summed E-state index contributed by atoms with van der Waals surface area (Å²) < 4.78 is 2.54. The van der Waals surface area contributed by atoms with E-state index in [0.29, 0.717) is 0 Å². The first-order valence-corrected chi connectivity index (χ1v) is 26.6. The van der Waals surface area contributed by atoms with Crippen LogP contribution in [-0.2, 0) is 10.8 Å². The van der Waals surface area contributed by atoms with Gasteiger partial charge >= 0.3 is 0 Å². The molecule has 352 valence electrons. The SMILES string of the molecule is c1ccc(-c2cccc(-c3ccccc3N(c3ccc4c(c3)C3(c5ccccc5-c5ccccc53)c3ccccc3-4)c3ccc4c(c3)C3(c5ccccc5-4)c4ccccc4-n4c5ccccc5c5cccc3c54)c2)cc1. The van der Waals surface area contributed by atoms with Gasteiger partial charge in [-0.2, -0.15) is 0 Å². The summed E-state index contributed by atoms with van der Waals surface area (Å²) in [6.45, 7) is 0. The Bertz CT molecular complexity index is 4550. The van der Waals surface area contributed by atoms with Gasteiger partial charge < -0.3 is 9.47 Å². The Morgan fingerprint density at radius 1 is 0.263 bits per heavy atom. The van der Waals surface area contributed by atoms with Crippen molar-refractivity contribution in [3.63, 3.8) is 0 Å². The average Bonchev–Trinajstić information content (AvgIpc) is 4.36. The standard InChI is InChI=1S/C74H46N2/c1-2-20-47(21-3-1)48-22-18-23-49(44-48)52-24-8-15-37-69(52)75(50-40-42-57-55-27-6-12-33-63(55)73(67(57)45-50)61-31-10-4-25-53(61)54-26-5-11-32-62(54)73)51-41-43-58-56-28-7-13-34-64(56)74(68(58)46-51)65-35-14-17-39-71(65)76-70-38-16-9-29-59(70)60-30-19-36-66(74)72(60)76/h1-46H. The van der Waals surface area contributed by atoms with Gasteiger partial charge in [0.15, 0.2) is 0 Å². The van der Waals surface area contributed by atoms with Gasteiger partial charge in [-0.1, -0.05) is 231 Å². The first-order valence-electron chi connectivity index (χ1n) is 26.6. The second-order valence-corrected chi connectivity index (χ2v) is 21.0. The van der Waals surface area contributed by atoms with Crippen molar-refractivity contribution in [2.75, 3.05) is 4.90 Å². The first kappa shape index (κ1) is 41.7. The van der Waals surface area contributed by atoms with Gasteiger partial charge in [-0.05, 0) is 143 Å². The van der Waals surface area contributed by atoms with Crippen molar-refractivity contribution in [1.29, 1.82) is 0 Å². The molecule has 1 aromatic heterocycles. The second kappa shape index (κ2) is 15.4. The molecule has 0 N–H and O–H groups in total. The van der Waals surface area contributed by atoms with Crippen LogP contribution in [0.15, 0.2) is 279 Å². The molecule has 1 atom stereocenters. The zero-order chi connectivity index (χ0) is 49.7. The summed E-state index contributed by atoms with van der Waals surface area (Å²) >= 11 is 0. The van der Waals surface area contributed by atoms with Crippen LogP contribution >= 0.6 is 0 Å². The number of aromatic nitrogens is 1. The van der Waals surface area contributed by atoms with E-state index in [2.05, 4.69) is 289 Å². The average molecular weight is 963 g/mol. The summed E-state index contributed by atoms with van der Waals surface area (Å²) in [5.41, 5.74) is 28.9. The largest absolute Gasteiger partial charge is 0.310 e. The predicted molar refractivity (Wildman–Crippen MR) is 313 cm³/mol. The fourth-order valence-electron chi connectivity index (χ4n) is 14.7. The number of hydrogen-bond acceptors (Lipinski definition) is 1. The molecule has 17 rings (SSSR count). The van der Waals surface area contributed by atoms with Gasteiger partial charge in [0, 0.05) is 27.7 Å². The molecular weight excluding hydrogens is 917 g/mol. The predicted octanol–water partition coefficient (Wildman–Crippen LogP) is 18.6. The third kappa shape index (κ3) is 5.25. The first-order chi connectivity index (χ1) is 37.7. The number of benzene rings is 12. The van der Waals surface area contributed by atoms with Crippen molar-refractivity contribution >= 4 is 38.9 Å². The molecule has 0 saturated carbocycles. The van der Waals surface area contributed by atoms with Crippen LogP contribution in [0.1, 0.15) is 44.5 Å². The second-order valence-electron chi connectivity index (χ2n) is 21.0. The molecule has 76 heavy (non-hydrogen) atoms. The lowest BCUT2D eigenvalue weighted by molar-refractivity contribution is 0.748. The van der Waals surface area contributed by atoms with E-state index in [-0.39, 0.29) is 0 Å². The van der Waals surface area contributed by atoms with Crippen LogP contribution in [0.25, 0.3) is 83.1 Å². The number of anilines is 3. The highest BCUT2D eigenvalue weighted by atomic mass is 15.1. The lowest BCUT2D eigenvalue weighted by atomic mass is 9.65. The molecule has 3 aliphatic carbocycles. The third-order valence-corrected chi connectivity index (χ3v) is 17.6. The van der Waals surface area contributed by atoms with Crippen molar-refractivity contribution in [1.82, 2.24) is 4.57 Å². The Hall–Kier alpha value is -9.76. The van der Waals surface area contributed by atoms with E-state index in [1.165, 1.54) is 117 Å². The third-order valence-electron chi connectivity index (χ3n) is 17.6. The summed E-state index contributed by atoms with van der Waals surface area (Å²) in [5.74, 6) is 0. The molecule has 2 nitrogen and oxygen atoms in total. The molecule has 1 aliphatic heterocycles. The highest BCUT2D eigenvalue weighted by Gasteiger charge is 2.53. The molecule has 13 aromatic rings. The molecule has 2 heteroatoms. The van der Waals surface area contributed by atoms with Gasteiger partial charge in [0.2, 0.25) is 0 Å². The number of nitrogens with zero attached hydrogens (tertiary/aromatic N) is 2. The van der Waals surface area contributed by atoms with E-state index in [1.54, 1.807) is 0 Å². The zero-order valence-corrected chi connectivity index (χ0v) is 41.5. The summed E-state index contributed by atoms with van der Waals surface area (Å²) in [4.78, 5) is 2.57. The summed E-state index contributed by atoms with van der Waals surface area (Å²) in [7, 11) is 0. The number of hydrogen-bond donors (Lipinski definition) is 0. The number of para-hydroxylation sites is 4. The minimum atomic E-state index is -0.613. The highest BCUT2D eigenvalue weighted by Crippen LogP contribution is 2.65. The lowest BCUT2D eigenvalue weighted by Gasteiger charge is -2.40. The van der Waals surface area contributed by atoms with Crippen molar-refractivity contribution in [2.45, 2.75) is 10.8 Å². The number of rotatable bonds is 5. The molecule has 0 saturated heterocycles. The van der Waals surface area contributed by atoms with Crippen molar-refractivity contribution in [3.05, 3.63) is 324 Å². The maximum absolute atomic E-state index is 2.57. The molecule has 12 aromatic carbocycles. The van der Waals surface area contributed by atoms with E-state index in [4.69, 9.17) is 0 Å². The van der Waals surface area contributed by atoms with E-state index >= 15 is 0 Å². The smallest absolute Gasteiger partial charge is 0.0755 e. The Balaban J connectivity index is 0.963. The monoisotopic (exact) mass is 962 g/mol. The quantitative estimate of drug-likeness (QED) is 0.167. The van der Waals surface area contributed by atoms with Crippen LogP contribution in [-0.4, -0.2) is 4.57 Å². The molecule has 0 amide bonds. The molecule has 0 radical (unpaired) electrons. The molecule has 0 fully saturated rings. The fourth-order valence-corrected chi connectivity index (χ4v) is 14.7. The van der Waals surface area contributed by atoms with E-state index in [1.807, 2.05) is 0 Å². The molecule has 0 bridgehead atoms. The minimum absolute atomic E-state index is 0.503. The zero-order valence-electron chi connectivity index (χ0n) is 41.5. The summed E-state index contributed by atoms with van der Waals surface area (Å²) in [5, 5.41) is 2.55. The minimum Gasteiger partial charge on any atom is -0.310 e. The van der Waals surface area contributed by atoms with Gasteiger partial charge in [0.05, 0.1) is 33.2 Å². The Labute approximate surface area is 441 Å². The highest BCUT2D eigenvalue weighted by molar-refractivity contribution is 6.13. The maximum Gasteiger partial charge on any atom is 0.0755 e. The van der Waals surface area contributed by atoms with Crippen molar-refractivity contribution < 1.29 is 0 Å². The van der Waals surface area contributed by atoms with Crippen LogP contribution in [0, 0.1) is 0 Å². The lowest BCUT2D eigenvalue weighted by Crippen LogP contribution is -2.33. The molecule has 1 unspecified atom stereocenters. The normalized spacial score (nSPS) is 15.3. The Morgan fingerprint density at radius 2 is 0.697 bits per heavy atom. The molecule has 2 spiro atoms. The Morgan fingerprint density at radius 3 is 1.33 bits per heavy atom. The van der Waals surface area contributed by atoms with E-state index in [0.717, 1.165) is 28.2 Å². The number of fused-ring (bicyclic) bond motifs is 22. The summed E-state index contributed by atoms with van der Waals surface area (Å²) in [6.07, 6.45) is 0. The topological polar surface area (TPSA) is 8.17 Å². The van der Waals surface area contributed by atoms with Crippen LogP contribution in [0.5, 0.6) is 0 Å². The van der Waals surface area contributed by atoms with Gasteiger partial charge in [-0.15, -0.1) is 0 Å². The van der Waals surface area contributed by atoms with Crippen molar-refractivity contribution in [2.24, 2.45) is 0 Å². The molecular formula is C74H46N2. The molecule has 2 heterocycles. The van der Waals surface area contributed by atoms with Gasteiger partial charge in [-0.3, -0.25) is 0 Å². The van der Waals surface area contributed by atoms with Crippen LogP contribution in [0.3, 0.4) is 0 Å². The van der Waals surface area contributed by atoms with Crippen molar-refractivity contribution in [3.8, 4) is 61.3 Å². The fraction of sp³-hybridized carbons (Fsp3) is 0.0270. The van der Waals surface area contributed by atoms with E-state index < -0.39 is 10.8 Å². The van der Waals surface area contributed by atoms with Crippen LogP contribution < -0.4 is 4.90 Å². The van der Waals surface area contributed by atoms with Gasteiger partial charge in [0.1, 0.15) is 0 Å². The maximum atomic E-state index is 2.57. The van der Waals surface area contributed by atoms with Gasteiger partial charge in [-0.25, -0.2) is 0 Å². The van der Waals surface area contributed by atoms with E-state index in [9.17, 15) is 0 Å². The van der Waals surface area contributed by atoms with Crippen LogP contribution in [0.4, 0.5) is 17.1 Å². The molecule has 4 aliphatic rings. The van der Waals surface area contributed by atoms with Crippen LogP contribution in [0.2, 0.25) is 0 Å².